The lowest BCUT2D eigenvalue weighted by Crippen LogP contribution is -2.34. The molecule has 0 radical (unpaired) electrons. The average molecular weight is 371 g/mol. The topological polar surface area (TPSA) is 32.3 Å². The molecule has 0 aliphatic rings. The molecule has 2 aromatic rings. The standard InChI is InChI=1S/C15H16BrFN2OS/c1-19(2)13(14-4-3-7-21-14)9-18-15(20)11-6-5-10(17)8-12(11)16/h3-8,13H,9H2,1-2H3,(H,18,20). The molecule has 112 valence electrons. The summed E-state index contributed by atoms with van der Waals surface area (Å²) in [5, 5.41) is 4.92. The predicted octanol–water partition coefficient (Wildman–Crippen LogP) is 3.68. The van der Waals surface area contributed by atoms with E-state index in [1.807, 2.05) is 25.5 Å². The fourth-order valence-electron chi connectivity index (χ4n) is 1.98. The molecule has 1 unspecified atom stereocenters. The Bertz CT molecular complexity index is 616. The van der Waals surface area contributed by atoms with E-state index in [0.717, 1.165) is 0 Å². The molecule has 1 aromatic heterocycles. The molecule has 3 nitrogen and oxygen atoms in total. The molecule has 1 atom stereocenters. The lowest BCUT2D eigenvalue weighted by atomic mass is 10.2. The van der Waals surface area contributed by atoms with E-state index >= 15 is 0 Å². The first-order valence-electron chi connectivity index (χ1n) is 6.42. The number of likely N-dealkylation sites (N-methyl/N-ethyl adjacent to an activating group) is 1. The summed E-state index contributed by atoms with van der Waals surface area (Å²) >= 11 is 4.87. The van der Waals surface area contributed by atoms with Gasteiger partial charge in [0.2, 0.25) is 0 Å². The molecule has 0 aliphatic carbocycles. The van der Waals surface area contributed by atoms with E-state index in [0.29, 0.717) is 16.6 Å². The maximum absolute atomic E-state index is 13.0. The third-order valence-electron chi connectivity index (χ3n) is 3.13. The van der Waals surface area contributed by atoms with Crippen molar-refractivity contribution in [2.45, 2.75) is 6.04 Å². The smallest absolute Gasteiger partial charge is 0.252 e. The van der Waals surface area contributed by atoms with Crippen LogP contribution in [0.1, 0.15) is 21.3 Å². The molecule has 21 heavy (non-hydrogen) atoms. The second kappa shape index (κ2) is 7.15. The van der Waals surface area contributed by atoms with Gasteiger partial charge in [0, 0.05) is 15.9 Å². The lowest BCUT2D eigenvalue weighted by Gasteiger charge is -2.23. The highest BCUT2D eigenvalue weighted by Crippen LogP contribution is 2.23. The van der Waals surface area contributed by atoms with Crippen LogP contribution in [0.4, 0.5) is 4.39 Å². The Morgan fingerprint density at radius 3 is 2.76 bits per heavy atom. The molecule has 0 saturated heterocycles. The zero-order valence-electron chi connectivity index (χ0n) is 11.8. The van der Waals surface area contributed by atoms with Gasteiger partial charge in [0.05, 0.1) is 11.6 Å². The minimum atomic E-state index is -0.372. The van der Waals surface area contributed by atoms with Gasteiger partial charge in [-0.1, -0.05) is 6.07 Å². The number of halogens is 2. The molecule has 2 rings (SSSR count). The molecule has 1 aromatic carbocycles. The van der Waals surface area contributed by atoms with E-state index < -0.39 is 0 Å². The van der Waals surface area contributed by atoms with Gasteiger partial charge in [-0.25, -0.2) is 4.39 Å². The van der Waals surface area contributed by atoms with Crippen LogP contribution in [0, 0.1) is 5.82 Å². The highest BCUT2D eigenvalue weighted by atomic mass is 79.9. The number of amides is 1. The summed E-state index contributed by atoms with van der Waals surface area (Å²) in [6, 6.07) is 8.21. The monoisotopic (exact) mass is 370 g/mol. The second-order valence-electron chi connectivity index (χ2n) is 4.83. The summed E-state index contributed by atoms with van der Waals surface area (Å²) < 4.78 is 13.5. The molecule has 1 heterocycles. The minimum Gasteiger partial charge on any atom is -0.350 e. The van der Waals surface area contributed by atoms with Crippen LogP contribution in [-0.4, -0.2) is 31.4 Å². The number of rotatable bonds is 5. The Kier molecular flexibility index (Phi) is 5.50. The molecule has 1 amide bonds. The minimum absolute atomic E-state index is 0.119. The number of carbonyl (C=O) groups excluding carboxylic acids is 1. The first kappa shape index (κ1) is 16.1. The second-order valence-corrected chi connectivity index (χ2v) is 6.66. The number of benzene rings is 1. The van der Waals surface area contributed by atoms with Crippen LogP contribution in [0.5, 0.6) is 0 Å². The summed E-state index contributed by atoms with van der Waals surface area (Å²) in [7, 11) is 3.95. The van der Waals surface area contributed by atoms with Gasteiger partial charge < -0.3 is 10.2 Å². The largest absolute Gasteiger partial charge is 0.350 e. The van der Waals surface area contributed by atoms with Crippen LogP contribution in [0.2, 0.25) is 0 Å². The van der Waals surface area contributed by atoms with Gasteiger partial charge in [0.25, 0.3) is 5.91 Å². The van der Waals surface area contributed by atoms with Crippen LogP contribution in [0.25, 0.3) is 0 Å². The van der Waals surface area contributed by atoms with Crippen LogP contribution in [-0.2, 0) is 0 Å². The quantitative estimate of drug-likeness (QED) is 0.870. The van der Waals surface area contributed by atoms with Gasteiger partial charge >= 0.3 is 0 Å². The Morgan fingerprint density at radius 2 is 2.19 bits per heavy atom. The summed E-state index contributed by atoms with van der Waals surface area (Å²) in [5.41, 5.74) is 0.431. The molecule has 0 aliphatic heterocycles. The van der Waals surface area contributed by atoms with Crippen molar-refractivity contribution in [3.8, 4) is 0 Å². The molecule has 1 N–H and O–H groups in total. The molecular weight excluding hydrogens is 355 g/mol. The van der Waals surface area contributed by atoms with E-state index in [1.54, 1.807) is 11.3 Å². The Morgan fingerprint density at radius 1 is 1.43 bits per heavy atom. The van der Waals surface area contributed by atoms with E-state index in [-0.39, 0.29) is 17.8 Å². The van der Waals surface area contributed by atoms with Crippen molar-refractivity contribution < 1.29 is 9.18 Å². The van der Waals surface area contributed by atoms with Crippen LogP contribution in [0.15, 0.2) is 40.2 Å². The van der Waals surface area contributed by atoms with Crippen molar-refractivity contribution in [3.05, 3.63) is 56.4 Å². The van der Waals surface area contributed by atoms with Crippen LogP contribution in [0.3, 0.4) is 0 Å². The van der Waals surface area contributed by atoms with Gasteiger partial charge in [-0.05, 0) is 59.7 Å². The van der Waals surface area contributed by atoms with E-state index in [4.69, 9.17) is 0 Å². The summed E-state index contributed by atoms with van der Waals surface area (Å²) in [6.07, 6.45) is 0. The van der Waals surface area contributed by atoms with Crippen molar-refractivity contribution in [2.75, 3.05) is 20.6 Å². The Balaban J connectivity index is 2.05. The first-order chi connectivity index (χ1) is 9.99. The number of nitrogens with one attached hydrogen (secondary N) is 1. The third-order valence-corrected chi connectivity index (χ3v) is 4.76. The maximum Gasteiger partial charge on any atom is 0.252 e. The fourth-order valence-corrected chi connectivity index (χ4v) is 3.43. The van der Waals surface area contributed by atoms with Gasteiger partial charge in [0.15, 0.2) is 0 Å². The number of nitrogens with zero attached hydrogens (tertiary/aromatic N) is 1. The normalized spacial score (nSPS) is 12.4. The van der Waals surface area contributed by atoms with Gasteiger partial charge in [0.1, 0.15) is 5.82 Å². The summed E-state index contributed by atoms with van der Waals surface area (Å²) in [5.74, 6) is -0.589. The van der Waals surface area contributed by atoms with Crippen molar-refractivity contribution in [3.63, 3.8) is 0 Å². The van der Waals surface area contributed by atoms with E-state index in [1.165, 1.54) is 23.1 Å². The zero-order chi connectivity index (χ0) is 15.4. The van der Waals surface area contributed by atoms with E-state index in [9.17, 15) is 9.18 Å². The van der Waals surface area contributed by atoms with Crippen molar-refractivity contribution >= 4 is 33.2 Å². The van der Waals surface area contributed by atoms with Crippen molar-refractivity contribution in [1.29, 1.82) is 0 Å². The predicted molar refractivity (Wildman–Crippen MR) is 87.2 cm³/mol. The Labute approximate surface area is 135 Å². The van der Waals surface area contributed by atoms with Crippen molar-refractivity contribution in [1.82, 2.24) is 10.2 Å². The number of hydrogen-bond acceptors (Lipinski definition) is 3. The summed E-state index contributed by atoms with van der Waals surface area (Å²) in [4.78, 5) is 15.4. The number of hydrogen-bond donors (Lipinski definition) is 1. The highest BCUT2D eigenvalue weighted by molar-refractivity contribution is 9.10. The van der Waals surface area contributed by atoms with Crippen LogP contribution < -0.4 is 5.32 Å². The van der Waals surface area contributed by atoms with Crippen molar-refractivity contribution in [2.24, 2.45) is 0 Å². The lowest BCUT2D eigenvalue weighted by molar-refractivity contribution is 0.0941. The molecule has 6 heteroatoms. The zero-order valence-corrected chi connectivity index (χ0v) is 14.2. The fraction of sp³-hybridized carbons (Fsp3) is 0.267. The molecule has 0 spiro atoms. The molecular formula is C15H16BrFN2OS. The number of thiophene rings is 1. The van der Waals surface area contributed by atoms with Gasteiger partial charge in [-0.3, -0.25) is 4.79 Å². The molecule has 0 fully saturated rings. The SMILES string of the molecule is CN(C)C(CNC(=O)c1ccc(F)cc1Br)c1cccs1. The molecule has 0 saturated carbocycles. The highest BCUT2D eigenvalue weighted by Gasteiger charge is 2.17. The summed E-state index contributed by atoms with van der Waals surface area (Å²) in [6.45, 7) is 0.496. The average Bonchev–Trinajstić information content (AvgIpc) is 2.92. The van der Waals surface area contributed by atoms with Gasteiger partial charge in [-0.2, -0.15) is 0 Å². The van der Waals surface area contributed by atoms with E-state index in [2.05, 4.69) is 32.2 Å². The van der Waals surface area contributed by atoms with Crippen LogP contribution >= 0.6 is 27.3 Å². The first-order valence-corrected chi connectivity index (χ1v) is 8.09. The Hall–Kier alpha value is -1.24. The molecule has 0 bridgehead atoms. The third kappa shape index (κ3) is 4.12. The number of carbonyl (C=O) groups is 1. The maximum atomic E-state index is 13.0. The van der Waals surface area contributed by atoms with Gasteiger partial charge in [-0.15, -0.1) is 11.3 Å².